The van der Waals surface area contributed by atoms with Crippen molar-refractivity contribution in [2.75, 3.05) is 31.1 Å². The Kier molecular flexibility index (Phi) is 5.43. The number of hydrogen-bond donors (Lipinski definition) is 1. The Labute approximate surface area is 164 Å². The second kappa shape index (κ2) is 7.37. The van der Waals surface area contributed by atoms with E-state index >= 15 is 0 Å². The first-order valence-electron chi connectivity index (χ1n) is 8.31. The van der Waals surface area contributed by atoms with Gasteiger partial charge in [0, 0.05) is 36.7 Å². The molecular weight excluding hydrogens is 415 g/mol. The maximum Gasteiger partial charge on any atom is 0.418 e. The molecule has 1 amide bonds. The molecule has 1 aromatic heterocycles. The number of nitrogens with zero attached hydrogens (tertiary/aromatic N) is 2. The lowest BCUT2D eigenvalue weighted by Gasteiger charge is -2.37. The van der Waals surface area contributed by atoms with Crippen LogP contribution in [0.15, 0.2) is 35.2 Å². The molecule has 3 rings (SSSR count). The van der Waals surface area contributed by atoms with Gasteiger partial charge >= 0.3 is 6.18 Å². The highest BCUT2D eigenvalue weighted by atomic mass is 32.2. The summed E-state index contributed by atoms with van der Waals surface area (Å²) >= 11 is 1.37. The van der Waals surface area contributed by atoms with E-state index in [-0.39, 0.29) is 37.8 Å². The summed E-state index contributed by atoms with van der Waals surface area (Å²) in [5.41, 5.74) is -1.19. The lowest BCUT2D eigenvalue weighted by molar-refractivity contribution is -0.137. The Morgan fingerprint density at radius 1 is 1.11 bits per heavy atom. The first kappa shape index (κ1) is 20.6. The molecule has 2 heterocycles. The van der Waals surface area contributed by atoms with Crippen LogP contribution in [0.25, 0.3) is 0 Å². The zero-order valence-electron chi connectivity index (χ0n) is 14.9. The normalized spacial score (nSPS) is 15.8. The third-order valence-electron chi connectivity index (χ3n) is 4.46. The van der Waals surface area contributed by atoms with Gasteiger partial charge < -0.3 is 9.80 Å². The highest BCUT2D eigenvalue weighted by Crippen LogP contribution is 2.38. The van der Waals surface area contributed by atoms with Crippen LogP contribution in [-0.4, -0.2) is 45.4 Å². The van der Waals surface area contributed by atoms with Crippen molar-refractivity contribution in [3.8, 4) is 0 Å². The van der Waals surface area contributed by atoms with Crippen molar-refractivity contribution >= 4 is 33.0 Å². The molecule has 1 aliphatic heterocycles. The van der Waals surface area contributed by atoms with Crippen molar-refractivity contribution in [2.45, 2.75) is 18.0 Å². The molecule has 1 aromatic carbocycles. The van der Waals surface area contributed by atoms with Gasteiger partial charge in [-0.1, -0.05) is 0 Å². The van der Waals surface area contributed by atoms with Crippen LogP contribution in [0.1, 0.15) is 20.1 Å². The summed E-state index contributed by atoms with van der Waals surface area (Å²) in [6, 6.07) is 6.31. The summed E-state index contributed by atoms with van der Waals surface area (Å²) in [4.78, 5) is 16.6. The molecule has 0 saturated carbocycles. The van der Waals surface area contributed by atoms with Gasteiger partial charge in [0.2, 0.25) is 10.0 Å². The van der Waals surface area contributed by atoms with Gasteiger partial charge in [0.25, 0.3) is 5.91 Å². The van der Waals surface area contributed by atoms with Crippen LogP contribution in [0, 0.1) is 6.92 Å². The monoisotopic (exact) mass is 433 g/mol. The van der Waals surface area contributed by atoms with Gasteiger partial charge in [-0.25, -0.2) is 13.6 Å². The first-order chi connectivity index (χ1) is 13.0. The number of rotatable bonds is 3. The largest absolute Gasteiger partial charge is 0.418 e. The molecule has 2 N–H and O–H groups in total. The molecule has 152 valence electrons. The average Bonchev–Trinajstić information content (AvgIpc) is 3.05. The molecule has 0 bridgehead atoms. The second-order valence-corrected chi connectivity index (χ2v) is 9.26. The van der Waals surface area contributed by atoms with Crippen molar-refractivity contribution in [1.29, 1.82) is 0 Å². The van der Waals surface area contributed by atoms with Crippen LogP contribution in [-0.2, 0) is 16.2 Å². The summed E-state index contributed by atoms with van der Waals surface area (Å²) in [6.07, 6.45) is -4.74. The topological polar surface area (TPSA) is 83.7 Å². The number of amides is 1. The first-order valence-corrected chi connectivity index (χ1v) is 10.7. The summed E-state index contributed by atoms with van der Waals surface area (Å²) < 4.78 is 63.2. The summed E-state index contributed by atoms with van der Waals surface area (Å²) in [7, 11) is -4.25. The van der Waals surface area contributed by atoms with Crippen LogP contribution in [0.2, 0.25) is 0 Å². The molecule has 0 spiro atoms. The second-order valence-electron chi connectivity index (χ2n) is 6.41. The van der Waals surface area contributed by atoms with E-state index in [1.54, 1.807) is 11.0 Å². The van der Waals surface area contributed by atoms with Crippen LogP contribution >= 0.6 is 11.3 Å². The quantitative estimate of drug-likeness (QED) is 0.807. The third-order valence-corrected chi connectivity index (χ3v) is 6.36. The van der Waals surface area contributed by atoms with Crippen molar-refractivity contribution in [3.63, 3.8) is 0 Å². The molecule has 28 heavy (non-hydrogen) atoms. The van der Waals surface area contributed by atoms with E-state index in [1.807, 2.05) is 13.0 Å². The molecule has 1 aliphatic rings. The molecule has 1 saturated heterocycles. The highest BCUT2D eigenvalue weighted by Gasteiger charge is 2.37. The van der Waals surface area contributed by atoms with Gasteiger partial charge in [0.1, 0.15) is 0 Å². The molecule has 6 nitrogen and oxygen atoms in total. The molecule has 11 heteroatoms. The lowest BCUT2D eigenvalue weighted by Crippen LogP contribution is -2.49. The number of anilines is 1. The molecule has 0 aliphatic carbocycles. The van der Waals surface area contributed by atoms with E-state index in [0.717, 1.165) is 17.0 Å². The molecule has 0 radical (unpaired) electrons. The van der Waals surface area contributed by atoms with Gasteiger partial charge in [-0.15, -0.1) is 11.3 Å². The van der Waals surface area contributed by atoms with Crippen LogP contribution < -0.4 is 10.0 Å². The molecular formula is C17H18F3N3O3S2. The molecule has 2 aromatic rings. The Balaban J connectivity index is 1.81. The maximum atomic E-state index is 13.5. The van der Waals surface area contributed by atoms with E-state index in [0.29, 0.717) is 10.9 Å². The number of benzene rings is 1. The number of carbonyl (C=O) groups is 1. The summed E-state index contributed by atoms with van der Waals surface area (Å²) in [5.74, 6) is -0.140. The van der Waals surface area contributed by atoms with Crippen molar-refractivity contribution in [3.05, 3.63) is 45.6 Å². The number of thiophene rings is 1. The Morgan fingerprint density at radius 3 is 2.25 bits per heavy atom. The van der Waals surface area contributed by atoms with E-state index in [4.69, 9.17) is 5.14 Å². The number of halogens is 3. The summed E-state index contributed by atoms with van der Waals surface area (Å²) in [5, 5.41) is 4.95. The zero-order valence-corrected chi connectivity index (χ0v) is 16.5. The van der Waals surface area contributed by atoms with Crippen molar-refractivity contribution in [2.24, 2.45) is 5.14 Å². The Bertz CT molecular complexity index is 995. The smallest absolute Gasteiger partial charge is 0.367 e. The van der Waals surface area contributed by atoms with Gasteiger partial charge in [0.05, 0.1) is 15.3 Å². The number of piperazine rings is 1. The Hall–Kier alpha value is -2.11. The number of hydrogen-bond acceptors (Lipinski definition) is 5. The van der Waals surface area contributed by atoms with Gasteiger partial charge in [-0.3, -0.25) is 4.79 Å². The number of nitrogens with two attached hydrogens (primary N) is 1. The van der Waals surface area contributed by atoms with E-state index in [9.17, 15) is 26.4 Å². The van der Waals surface area contributed by atoms with Gasteiger partial charge in [0.15, 0.2) is 0 Å². The molecule has 1 fully saturated rings. The fourth-order valence-corrected chi connectivity index (χ4v) is 4.43. The number of carbonyl (C=O) groups excluding carboxylic acids is 1. The number of alkyl halides is 3. The lowest BCUT2D eigenvalue weighted by atomic mass is 10.1. The average molecular weight is 433 g/mol. The fraction of sp³-hybridized carbons (Fsp3) is 0.353. The van der Waals surface area contributed by atoms with Crippen LogP contribution in [0.5, 0.6) is 0 Å². The number of aryl methyl sites for hydroxylation is 1. The highest BCUT2D eigenvalue weighted by molar-refractivity contribution is 7.89. The zero-order chi connectivity index (χ0) is 20.7. The Morgan fingerprint density at radius 2 is 1.75 bits per heavy atom. The van der Waals surface area contributed by atoms with Crippen LogP contribution in [0.4, 0.5) is 18.9 Å². The van der Waals surface area contributed by atoms with Gasteiger partial charge in [-0.2, -0.15) is 13.2 Å². The minimum Gasteiger partial charge on any atom is -0.367 e. The minimum atomic E-state index is -4.74. The number of sulfonamides is 1. The van der Waals surface area contributed by atoms with E-state index < -0.39 is 26.7 Å². The van der Waals surface area contributed by atoms with E-state index in [1.165, 1.54) is 16.2 Å². The number of primary sulfonamides is 1. The predicted octanol–water partition coefficient (Wildman–Crippen LogP) is 2.69. The third kappa shape index (κ3) is 4.31. The molecule has 0 unspecified atom stereocenters. The van der Waals surface area contributed by atoms with Crippen molar-refractivity contribution < 1.29 is 26.4 Å². The van der Waals surface area contributed by atoms with Crippen molar-refractivity contribution in [1.82, 2.24) is 4.90 Å². The SMILES string of the molecule is Cc1ccc(C(=O)N2CCN(c3ccc(S(N)(=O)=O)cc3C(F)(F)F)CC2)s1. The fourth-order valence-electron chi connectivity index (χ4n) is 3.05. The van der Waals surface area contributed by atoms with E-state index in [2.05, 4.69) is 0 Å². The molecule has 0 atom stereocenters. The minimum absolute atomic E-state index is 0.126. The maximum absolute atomic E-state index is 13.5. The predicted molar refractivity (Wildman–Crippen MR) is 100.0 cm³/mol. The standard InChI is InChI=1S/C17H18F3N3O3S2/c1-11-2-5-15(27-11)16(24)23-8-6-22(7-9-23)14-4-3-12(28(21,25)26)10-13(14)17(18,19)20/h2-5,10H,6-9H2,1H3,(H2,21,25,26). The van der Waals surface area contributed by atoms with Crippen LogP contribution in [0.3, 0.4) is 0 Å². The van der Waals surface area contributed by atoms with Gasteiger partial charge in [-0.05, 0) is 37.3 Å². The summed E-state index contributed by atoms with van der Waals surface area (Å²) in [6.45, 7) is 2.83.